The molecule has 2 aliphatic rings. The predicted octanol–water partition coefficient (Wildman–Crippen LogP) is 7.06. The Hall–Kier alpha value is -5.42. The van der Waals surface area contributed by atoms with Crippen LogP contribution < -0.4 is 15.0 Å². The molecule has 48 heavy (non-hydrogen) atoms. The molecule has 0 bridgehead atoms. The third kappa shape index (κ3) is 5.20. The maximum absolute atomic E-state index is 14.3. The molecule has 4 unspecified atom stereocenters. The minimum Gasteiger partial charge on any atom is -0.480 e. The van der Waals surface area contributed by atoms with Crippen molar-refractivity contribution in [3.05, 3.63) is 126 Å². The van der Waals surface area contributed by atoms with Gasteiger partial charge >= 0.3 is 12.1 Å². The van der Waals surface area contributed by atoms with E-state index >= 15 is 0 Å². The Balaban J connectivity index is 1.31. The molecule has 2 fully saturated rings. The Morgan fingerprint density at radius 1 is 0.917 bits per heavy atom. The van der Waals surface area contributed by atoms with Crippen molar-refractivity contribution in [1.82, 2.24) is 10.3 Å². The quantitative estimate of drug-likeness (QED) is 0.155. The molecule has 0 saturated carbocycles. The van der Waals surface area contributed by atoms with Crippen molar-refractivity contribution in [3.8, 4) is 11.5 Å². The number of nitrogens with one attached hydrogen (secondary N) is 2. The SMILES string of the molecule is CCc1ccc(N2C(=O)C3C(c4cccc(Oc5cccc(C(F)(F)F)c5)c4)NC(Cc4c[nH]c5ccccc45)(C(=O)O)C3C2=O)cc1. The number of H-pyrrole nitrogens is 1. The van der Waals surface area contributed by atoms with Gasteiger partial charge in [-0.05, 0) is 71.6 Å². The van der Waals surface area contributed by atoms with Gasteiger partial charge in [0.1, 0.15) is 17.0 Å². The lowest BCUT2D eigenvalue weighted by atomic mass is 9.76. The lowest BCUT2D eigenvalue weighted by molar-refractivity contribution is -0.148. The van der Waals surface area contributed by atoms with Gasteiger partial charge in [0.05, 0.1) is 23.1 Å². The van der Waals surface area contributed by atoms with Crippen LogP contribution in [-0.4, -0.2) is 33.4 Å². The first-order chi connectivity index (χ1) is 23.0. The molecule has 2 aliphatic heterocycles. The van der Waals surface area contributed by atoms with Gasteiger partial charge in [-0.25, -0.2) is 4.90 Å². The van der Waals surface area contributed by atoms with E-state index < -0.39 is 52.9 Å². The van der Waals surface area contributed by atoms with Gasteiger partial charge in [0.25, 0.3) is 0 Å². The lowest BCUT2D eigenvalue weighted by Crippen LogP contribution is -2.57. The Bertz CT molecular complexity index is 2060. The number of nitrogens with zero attached hydrogens (tertiary/aromatic N) is 1. The summed E-state index contributed by atoms with van der Waals surface area (Å²) in [7, 11) is 0. The minimum absolute atomic E-state index is 0.0488. The van der Waals surface area contributed by atoms with E-state index in [4.69, 9.17) is 4.74 Å². The number of alkyl halides is 3. The predicted molar refractivity (Wildman–Crippen MR) is 171 cm³/mol. The molecule has 4 aromatic carbocycles. The van der Waals surface area contributed by atoms with Crippen LogP contribution in [0.4, 0.5) is 18.9 Å². The van der Waals surface area contributed by atoms with E-state index in [1.165, 1.54) is 12.1 Å². The van der Waals surface area contributed by atoms with Crippen LogP contribution in [0, 0.1) is 11.8 Å². The first kappa shape index (κ1) is 31.2. The van der Waals surface area contributed by atoms with E-state index in [2.05, 4.69) is 10.3 Å². The van der Waals surface area contributed by atoms with Crippen molar-refractivity contribution < 1.29 is 37.4 Å². The van der Waals surface area contributed by atoms with Crippen LogP contribution in [0.1, 0.15) is 35.2 Å². The largest absolute Gasteiger partial charge is 0.480 e. The summed E-state index contributed by atoms with van der Waals surface area (Å²) in [6, 6.07) is 24.3. The van der Waals surface area contributed by atoms with Crippen LogP contribution in [-0.2, 0) is 33.4 Å². The highest BCUT2D eigenvalue weighted by Crippen LogP contribution is 2.51. The highest BCUT2D eigenvalue weighted by molar-refractivity contribution is 6.24. The average Bonchev–Trinajstić information content (AvgIpc) is 3.72. The monoisotopic (exact) mass is 653 g/mol. The van der Waals surface area contributed by atoms with Crippen LogP contribution in [0.5, 0.6) is 11.5 Å². The molecule has 8 nitrogen and oxygen atoms in total. The van der Waals surface area contributed by atoms with Gasteiger partial charge in [-0.2, -0.15) is 13.2 Å². The number of halogens is 3. The Morgan fingerprint density at radius 2 is 1.62 bits per heavy atom. The number of fused-ring (bicyclic) bond motifs is 2. The molecule has 4 atom stereocenters. The number of rotatable bonds is 8. The summed E-state index contributed by atoms with van der Waals surface area (Å²) in [5.74, 6) is -4.70. The van der Waals surface area contributed by atoms with Crippen molar-refractivity contribution in [2.24, 2.45) is 11.8 Å². The summed E-state index contributed by atoms with van der Waals surface area (Å²) < 4.78 is 45.8. The average molecular weight is 654 g/mol. The van der Waals surface area contributed by atoms with Gasteiger partial charge < -0.3 is 14.8 Å². The van der Waals surface area contributed by atoms with Crippen LogP contribution in [0.25, 0.3) is 10.9 Å². The normalized spacial score (nSPS) is 22.3. The fraction of sp³-hybridized carbons (Fsp3) is 0.216. The summed E-state index contributed by atoms with van der Waals surface area (Å²) in [5.41, 5.74) is 0.501. The van der Waals surface area contributed by atoms with E-state index in [0.717, 1.165) is 39.9 Å². The number of hydrogen-bond donors (Lipinski definition) is 3. The van der Waals surface area contributed by atoms with Gasteiger partial charge in [-0.15, -0.1) is 0 Å². The molecule has 7 rings (SSSR count). The fourth-order valence-electron chi connectivity index (χ4n) is 7.08. The second kappa shape index (κ2) is 11.7. The van der Waals surface area contributed by atoms with Crippen molar-refractivity contribution in [3.63, 3.8) is 0 Å². The number of ether oxygens (including phenoxy) is 1. The topological polar surface area (TPSA) is 112 Å². The first-order valence-electron chi connectivity index (χ1n) is 15.5. The summed E-state index contributed by atoms with van der Waals surface area (Å²) in [6.45, 7) is 1.98. The number of carboxylic acids is 1. The molecule has 3 N–H and O–H groups in total. The third-order valence-corrected chi connectivity index (χ3v) is 9.40. The number of hydrogen-bond acceptors (Lipinski definition) is 5. The number of aromatic amines is 1. The zero-order valence-corrected chi connectivity index (χ0v) is 25.6. The number of para-hydroxylation sites is 1. The van der Waals surface area contributed by atoms with Crippen molar-refractivity contribution in [2.75, 3.05) is 4.90 Å². The van der Waals surface area contributed by atoms with Crippen LogP contribution >= 0.6 is 0 Å². The zero-order valence-electron chi connectivity index (χ0n) is 25.6. The molecule has 0 aliphatic carbocycles. The van der Waals surface area contributed by atoms with E-state index in [1.807, 2.05) is 43.3 Å². The molecule has 0 radical (unpaired) electrons. The van der Waals surface area contributed by atoms with E-state index in [1.54, 1.807) is 42.6 Å². The second-order valence-electron chi connectivity index (χ2n) is 12.2. The standard InChI is InChI=1S/C37H30F3N3O5/c1-2-21-13-15-25(16-14-21)43-33(44)30-31(34(43)45)36(35(46)47,19-23-20-41-29-12-4-3-11-28(23)29)42-32(30)22-7-5-9-26(17-22)48-27-10-6-8-24(18-27)37(38,39)40/h3-18,20,30-32,41-42H,2,19H2,1H3,(H,46,47). The molecule has 0 spiro atoms. The molecule has 2 saturated heterocycles. The van der Waals surface area contributed by atoms with Gasteiger partial charge in [-0.1, -0.05) is 55.5 Å². The second-order valence-corrected chi connectivity index (χ2v) is 12.2. The summed E-state index contributed by atoms with van der Waals surface area (Å²) in [4.78, 5) is 46.3. The van der Waals surface area contributed by atoms with Crippen LogP contribution in [0.2, 0.25) is 0 Å². The number of carboxylic acid groups (broad SMARTS) is 1. The molecule has 244 valence electrons. The lowest BCUT2D eigenvalue weighted by Gasteiger charge is -2.31. The van der Waals surface area contributed by atoms with E-state index in [9.17, 15) is 32.7 Å². The number of aliphatic carboxylic acids is 1. The Kier molecular flexibility index (Phi) is 7.59. The first-order valence-corrected chi connectivity index (χ1v) is 15.5. The number of aryl methyl sites for hydroxylation is 1. The number of anilines is 1. The number of amides is 2. The highest BCUT2D eigenvalue weighted by atomic mass is 19.4. The molecule has 3 heterocycles. The van der Waals surface area contributed by atoms with Crippen LogP contribution in [0.3, 0.4) is 0 Å². The summed E-state index contributed by atoms with van der Waals surface area (Å²) in [5, 5.41) is 14.9. The van der Waals surface area contributed by atoms with Gasteiger partial charge in [0, 0.05) is 29.6 Å². The van der Waals surface area contributed by atoms with E-state index in [0.29, 0.717) is 16.8 Å². The Morgan fingerprint density at radius 3 is 2.33 bits per heavy atom. The van der Waals surface area contributed by atoms with E-state index in [-0.39, 0.29) is 17.9 Å². The van der Waals surface area contributed by atoms with Gasteiger partial charge in [0.2, 0.25) is 11.8 Å². The maximum atomic E-state index is 14.3. The summed E-state index contributed by atoms with van der Waals surface area (Å²) in [6.07, 6.45) is -2.20. The van der Waals surface area contributed by atoms with Crippen molar-refractivity contribution in [2.45, 2.75) is 37.5 Å². The highest BCUT2D eigenvalue weighted by Gasteiger charge is 2.68. The molecular formula is C37H30F3N3O5. The smallest absolute Gasteiger partial charge is 0.416 e. The number of carbonyl (C=O) groups excluding carboxylic acids is 2. The minimum atomic E-state index is -4.56. The third-order valence-electron chi connectivity index (χ3n) is 9.40. The molecule has 1 aromatic heterocycles. The number of aromatic nitrogens is 1. The zero-order chi connectivity index (χ0) is 33.8. The van der Waals surface area contributed by atoms with Crippen molar-refractivity contribution in [1.29, 1.82) is 0 Å². The number of benzene rings is 4. The van der Waals surface area contributed by atoms with Crippen molar-refractivity contribution >= 4 is 34.4 Å². The van der Waals surface area contributed by atoms with Crippen LogP contribution in [0.15, 0.2) is 103 Å². The molecule has 2 amide bonds. The maximum Gasteiger partial charge on any atom is 0.416 e. The number of imide groups is 1. The Labute approximate surface area is 273 Å². The fourth-order valence-corrected chi connectivity index (χ4v) is 7.08. The molecule has 11 heteroatoms. The van der Waals surface area contributed by atoms with Gasteiger partial charge in [0.15, 0.2) is 0 Å². The number of carbonyl (C=O) groups is 3. The molecular weight excluding hydrogens is 623 g/mol. The van der Waals surface area contributed by atoms with Gasteiger partial charge in [-0.3, -0.25) is 19.7 Å². The summed E-state index contributed by atoms with van der Waals surface area (Å²) >= 11 is 0. The molecule has 5 aromatic rings.